The van der Waals surface area contributed by atoms with Crippen molar-refractivity contribution < 1.29 is 18.4 Å². The van der Waals surface area contributed by atoms with E-state index in [-0.39, 0.29) is 23.7 Å². The number of carbonyl (C=O) groups is 1. The molecule has 2 heterocycles. The third kappa shape index (κ3) is 6.61. The molecule has 1 atom stereocenters. The fourth-order valence-electron chi connectivity index (χ4n) is 3.39. The summed E-state index contributed by atoms with van der Waals surface area (Å²) in [5.41, 5.74) is 0.707. The van der Waals surface area contributed by atoms with Crippen LogP contribution in [-0.4, -0.2) is 53.3 Å². The molecule has 8 heteroatoms. The monoisotopic (exact) mass is 404 g/mol. The second-order valence-corrected chi connectivity index (χ2v) is 7.66. The van der Waals surface area contributed by atoms with Crippen molar-refractivity contribution in [2.45, 2.75) is 45.8 Å². The van der Waals surface area contributed by atoms with E-state index < -0.39 is 0 Å². The Balaban J connectivity index is 1.46. The Kier molecular flexibility index (Phi) is 7.71. The molecule has 0 aliphatic carbocycles. The maximum atomic E-state index is 13.1. The standard InChI is InChI=1S/C21H29FN4O3/c1-15(2)28-12-4-10-23-21(27)17-5-3-11-26(13-17)14-19-24-20(25-29-19)16-6-8-18(22)9-7-16/h6-9,15,17H,3-5,10-14H2,1-2H3,(H,23,27). The number of carbonyl (C=O) groups excluding carboxylic acids is 1. The largest absolute Gasteiger partial charge is 0.379 e. The van der Waals surface area contributed by atoms with Gasteiger partial charge < -0.3 is 14.6 Å². The molecule has 158 valence electrons. The van der Waals surface area contributed by atoms with Crippen LogP contribution in [0.1, 0.15) is 39.0 Å². The van der Waals surface area contributed by atoms with E-state index in [1.54, 1.807) is 12.1 Å². The number of aromatic nitrogens is 2. The quantitative estimate of drug-likeness (QED) is 0.647. The molecular weight excluding hydrogens is 375 g/mol. The lowest BCUT2D eigenvalue weighted by molar-refractivity contribution is -0.126. The van der Waals surface area contributed by atoms with Gasteiger partial charge in [-0.1, -0.05) is 5.16 Å². The number of benzene rings is 1. The third-order valence-corrected chi connectivity index (χ3v) is 4.88. The minimum atomic E-state index is -0.303. The molecule has 0 spiro atoms. The number of amides is 1. The highest BCUT2D eigenvalue weighted by Crippen LogP contribution is 2.20. The van der Waals surface area contributed by atoms with Crippen molar-refractivity contribution in [2.75, 3.05) is 26.2 Å². The Bertz CT molecular complexity index is 778. The van der Waals surface area contributed by atoms with Crippen LogP contribution < -0.4 is 5.32 Å². The van der Waals surface area contributed by atoms with Gasteiger partial charge in [0.05, 0.1) is 18.6 Å². The van der Waals surface area contributed by atoms with Crippen LogP contribution in [0.2, 0.25) is 0 Å². The lowest BCUT2D eigenvalue weighted by atomic mass is 9.97. The molecule has 1 N–H and O–H groups in total. The number of piperidine rings is 1. The van der Waals surface area contributed by atoms with Crippen molar-refractivity contribution in [3.63, 3.8) is 0 Å². The number of hydrogen-bond donors (Lipinski definition) is 1. The fraction of sp³-hybridized carbons (Fsp3) is 0.571. The lowest BCUT2D eigenvalue weighted by Gasteiger charge is -2.30. The van der Waals surface area contributed by atoms with Crippen LogP contribution in [0.25, 0.3) is 11.4 Å². The minimum Gasteiger partial charge on any atom is -0.379 e. The van der Waals surface area contributed by atoms with Crippen molar-refractivity contribution in [1.29, 1.82) is 0 Å². The van der Waals surface area contributed by atoms with Gasteiger partial charge in [-0.15, -0.1) is 0 Å². The molecule has 1 unspecified atom stereocenters. The first-order valence-corrected chi connectivity index (χ1v) is 10.2. The molecule has 1 aliphatic rings. The van der Waals surface area contributed by atoms with E-state index in [2.05, 4.69) is 20.4 Å². The van der Waals surface area contributed by atoms with E-state index in [1.807, 2.05) is 13.8 Å². The maximum absolute atomic E-state index is 13.1. The summed E-state index contributed by atoms with van der Waals surface area (Å²) in [5.74, 6) is 0.694. The number of rotatable bonds is 9. The molecule has 1 aliphatic heterocycles. The molecule has 7 nitrogen and oxygen atoms in total. The van der Waals surface area contributed by atoms with Gasteiger partial charge >= 0.3 is 0 Å². The predicted octanol–water partition coefficient (Wildman–Crippen LogP) is 3.02. The summed E-state index contributed by atoms with van der Waals surface area (Å²) in [6.07, 6.45) is 2.86. The van der Waals surface area contributed by atoms with Gasteiger partial charge in [-0.05, 0) is 63.9 Å². The summed E-state index contributed by atoms with van der Waals surface area (Å²) in [4.78, 5) is 19.0. The van der Waals surface area contributed by atoms with Crippen molar-refractivity contribution in [2.24, 2.45) is 5.92 Å². The second kappa shape index (κ2) is 10.5. The zero-order valence-corrected chi connectivity index (χ0v) is 17.1. The molecule has 1 amide bonds. The van der Waals surface area contributed by atoms with E-state index in [9.17, 15) is 9.18 Å². The Morgan fingerprint density at radius 3 is 2.93 bits per heavy atom. The first-order chi connectivity index (χ1) is 14.0. The summed E-state index contributed by atoms with van der Waals surface area (Å²) in [7, 11) is 0. The molecule has 0 saturated carbocycles. The summed E-state index contributed by atoms with van der Waals surface area (Å²) >= 11 is 0. The van der Waals surface area contributed by atoms with Gasteiger partial charge in [-0.3, -0.25) is 9.69 Å². The molecule has 0 bridgehead atoms. The normalized spacial score (nSPS) is 17.6. The van der Waals surface area contributed by atoms with Crippen LogP contribution in [0, 0.1) is 11.7 Å². The van der Waals surface area contributed by atoms with Crippen molar-refractivity contribution in [1.82, 2.24) is 20.4 Å². The van der Waals surface area contributed by atoms with E-state index in [0.29, 0.717) is 43.5 Å². The van der Waals surface area contributed by atoms with E-state index >= 15 is 0 Å². The van der Waals surface area contributed by atoms with Gasteiger partial charge in [0.15, 0.2) is 0 Å². The predicted molar refractivity (Wildman–Crippen MR) is 106 cm³/mol. The first-order valence-electron chi connectivity index (χ1n) is 10.2. The zero-order valence-electron chi connectivity index (χ0n) is 17.1. The summed E-state index contributed by atoms with van der Waals surface area (Å²) in [6.45, 7) is 7.35. The van der Waals surface area contributed by atoms with Crippen LogP contribution >= 0.6 is 0 Å². The highest BCUT2D eigenvalue weighted by molar-refractivity contribution is 5.78. The molecule has 2 aromatic rings. The molecule has 29 heavy (non-hydrogen) atoms. The van der Waals surface area contributed by atoms with Gasteiger partial charge in [0.2, 0.25) is 17.6 Å². The Hall–Kier alpha value is -2.32. The van der Waals surface area contributed by atoms with Crippen molar-refractivity contribution in [3.8, 4) is 11.4 Å². The van der Waals surface area contributed by atoms with Gasteiger partial charge in [-0.2, -0.15) is 4.98 Å². The molecule has 3 rings (SSSR count). The van der Waals surface area contributed by atoms with Crippen LogP contribution in [-0.2, 0) is 16.1 Å². The summed E-state index contributed by atoms with van der Waals surface area (Å²) in [6, 6.07) is 5.98. The number of halogens is 1. The maximum Gasteiger partial charge on any atom is 0.241 e. The number of likely N-dealkylation sites (tertiary alicyclic amines) is 1. The molecule has 1 saturated heterocycles. The topological polar surface area (TPSA) is 80.5 Å². The smallest absolute Gasteiger partial charge is 0.241 e. The number of hydrogen-bond acceptors (Lipinski definition) is 6. The second-order valence-electron chi connectivity index (χ2n) is 7.66. The van der Waals surface area contributed by atoms with E-state index in [0.717, 1.165) is 25.8 Å². The first kappa shape index (κ1) is 21.4. The average molecular weight is 404 g/mol. The van der Waals surface area contributed by atoms with Gasteiger partial charge in [-0.25, -0.2) is 4.39 Å². The molecule has 1 aromatic carbocycles. The summed E-state index contributed by atoms with van der Waals surface area (Å²) < 4.78 is 23.9. The van der Waals surface area contributed by atoms with Crippen LogP contribution in [0.3, 0.4) is 0 Å². The van der Waals surface area contributed by atoms with Crippen molar-refractivity contribution >= 4 is 5.91 Å². The highest BCUT2D eigenvalue weighted by atomic mass is 19.1. The molecule has 1 fully saturated rings. The fourth-order valence-corrected chi connectivity index (χ4v) is 3.39. The van der Waals surface area contributed by atoms with Crippen LogP contribution in [0.15, 0.2) is 28.8 Å². The van der Waals surface area contributed by atoms with Crippen molar-refractivity contribution in [3.05, 3.63) is 36.0 Å². The Labute approximate surface area is 170 Å². The van der Waals surface area contributed by atoms with Gasteiger partial charge in [0.1, 0.15) is 5.82 Å². The number of nitrogens with zero attached hydrogens (tertiary/aromatic N) is 3. The van der Waals surface area contributed by atoms with Gasteiger partial charge in [0, 0.05) is 25.3 Å². The Morgan fingerprint density at radius 2 is 2.17 bits per heavy atom. The van der Waals surface area contributed by atoms with Crippen LogP contribution in [0.5, 0.6) is 0 Å². The summed E-state index contributed by atoms with van der Waals surface area (Å²) in [5, 5.41) is 6.99. The minimum absolute atomic E-state index is 0.0331. The lowest BCUT2D eigenvalue weighted by Crippen LogP contribution is -2.43. The van der Waals surface area contributed by atoms with Crippen LogP contribution in [0.4, 0.5) is 4.39 Å². The number of nitrogens with one attached hydrogen (secondary N) is 1. The zero-order chi connectivity index (χ0) is 20.6. The Morgan fingerprint density at radius 1 is 1.38 bits per heavy atom. The highest BCUT2D eigenvalue weighted by Gasteiger charge is 2.26. The number of ether oxygens (including phenoxy) is 1. The molecule has 1 aromatic heterocycles. The molecule has 0 radical (unpaired) electrons. The van der Waals surface area contributed by atoms with Gasteiger partial charge in [0.25, 0.3) is 0 Å². The van der Waals surface area contributed by atoms with E-state index in [4.69, 9.17) is 9.26 Å². The van der Waals surface area contributed by atoms with E-state index in [1.165, 1.54) is 12.1 Å². The molecular formula is C21H29FN4O3. The average Bonchev–Trinajstić information content (AvgIpc) is 3.16. The SMILES string of the molecule is CC(C)OCCCNC(=O)C1CCCN(Cc2nc(-c3ccc(F)cc3)no2)C1. The third-order valence-electron chi connectivity index (χ3n) is 4.88.